The van der Waals surface area contributed by atoms with Crippen molar-refractivity contribution in [1.82, 2.24) is 5.43 Å². The number of benzene rings is 1. The molecule has 0 aromatic heterocycles. The molecule has 7 heteroatoms. The van der Waals surface area contributed by atoms with Gasteiger partial charge in [-0.1, -0.05) is 13.8 Å². The number of carbonyl (C=O) groups is 2. The summed E-state index contributed by atoms with van der Waals surface area (Å²) in [5.74, 6) is -0.352. The zero-order chi connectivity index (χ0) is 18.2. The van der Waals surface area contributed by atoms with Gasteiger partial charge in [-0.15, -0.1) is 0 Å². The lowest BCUT2D eigenvalue weighted by molar-refractivity contribution is -0.137. The first-order valence-electron chi connectivity index (χ1n) is 7.68. The Labute approximate surface area is 147 Å². The zero-order valence-electron chi connectivity index (χ0n) is 14.2. The van der Waals surface area contributed by atoms with E-state index in [9.17, 15) is 9.59 Å². The smallest absolute Gasteiger partial charge is 0.303 e. The molecule has 1 amide bonds. The molecule has 132 valence electrons. The van der Waals surface area contributed by atoms with E-state index in [0.29, 0.717) is 24.5 Å². The minimum absolute atomic E-state index is 0.0899. The van der Waals surface area contributed by atoms with Crippen LogP contribution in [0, 0.1) is 0 Å². The Bertz CT molecular complexity index is 592. The zero-order valence-corrected chi connectivity index (χ0v) is 15.1. The predicted octanol–water partition coefficient (Wildman–Crippen LogP) is 2.87. The largest absolute Gasteiger partial charge is 0.494 e. The van der Waals surface area contributed by atoms with E-state index in [4.69, 9.17) is 9.84 Å². The number of hydrogen-bond acceptors (Lipinski definition) is 5. The Morgan fingerprint density at radius 1 is 1.29 bits per heavy atom. The highest BCUT2D eigenvalue weighted by Gasteiger charge is 2.16. The Kier molecular flexibility index (Phi) is 7.78. The van der Waals surface area contributed by atoms with Crippen molar-refractivity contribution in [2.24, 2.45) is 5.10 Å². The second-order valence-corrected chi connectivity index (χ2v) is 7.30. The van der Waals surface area contributed by atoms with Gasteiger partial charge in [-0.05, 0) is 43.2 Å². The van der Waals surface area contributed by atoms with Crippen molar-refractivity contribution in [1.29, 1.82) is 0 Å². The van der Waals surface area contributed by atoms with Gasteiger partial charge in [0, 0.05) is 17.6 Å². The van der Waals surface area contributed by atoms with E-state index in [2.05, 4.69) is 23.2 Å². The first kappa shape index (κ1) is 20.0. The van der Waals surface area contributed by atoms with Crippen molar-refractivity contribution < 1.29 is 19.4 Å². The molecule has 0 atom stereocenters. The van der Waals surface area contributed by atoms with Crippen molar-refractivity contribution in [2.75, 3.05) is 6.61 Å². The lowest BCUT2D eigenvalue weighted by Gasteiger charge is -2.15. The molecule has 0 bridgehead atoms. The Morgan fingerprint density at radius 3 is 2.46 bits per heavy atom. The quantitative estimate of drug-likeness (QED) is 0.276. The van der Waals surface area contributed by atoms with Gasteiger partial charge in [-0.2, -0.15) is 17.7 Å². The number of nitrogens with zero attached hydrogens (tertiary/aromatic N) is 1. The van der Waals surface area contributed by atoms with Crippen LogP contribution >= 0.6 is 12.6 Å². The van der Waals surface area contributed by atoms with Gasteiger partial charge in [0.2, 0.25) is 5.91 Å². The van der Waals surface area contributed by atoms with Crippen LogP contribution in [0.3, 0.4) is 0 Å². The standard InChI is InChI=1S/C17H24N2O4S/c1-12(18-19-15(20)11-17(2,3)24)13-6-8-14(9-7-13)23-10-4-5-16(21)22/h6-9,24H,4-5,10-11H2,1-3H3,(H,19,20)(H,21,22)/b18-12-. The van der Waals surface area contributed by atoms with E-state index in [1.807, 2.05) is 26.0 Å². The molecule has 1 aromatic rings. The van der Waals surface area contributed by atoms with Crippen molar-refractivity contribution in [3.05, 3.63) is 29.8 Å². The van der Waals surface area contributed by atoms with Crippen LogP contribution in [0.1, 0.15) is 45.6 Å². The number of hydrogen-bond donors (Lipinski definition) is 3. The Morgan fingerprint density at radius 2 is 1.92 bits per heavy atom. The number of carbonyl (C=O) groups excluding carboxylic acids is 1. The van der Waals surface area contributed by atoms with E-state index >= 15 is 0 Å². The third-order valence-electron chi connectivity index (χ3n) is 3.02. The number of hydrazone groups is 1. The summed E-state index contributed by atoms with van der Waals surface area (Å²) in [6, 6.07) is 7.24. The van der Waals surface area contributed by atoms with Crippen LogP contribution in [0.4, 0.5) is 0 Å². The first-order chi connectivity index (χ1) is 11.2. The summed E-state index contributed by atoms with van der Waals surface area (Å²) in [5.41, 5.74) is 4.06. The molecule has 0 aliphatic rings. The van der Waals surface area contributed by atoms with Crippen LogP contribution in [0.15, 0.2) is 29.4 Å². The number of aliphatic carboxylic acids is 1. The highest BCUT2D eigenvalue weighted by atomic mass is 32.1. The fraction of sp³-hybridized carbons (Fsp3) is 0.471. The van der Waals surface area contributed by atoms with E-state index in [0.717, 1.165) is 5.56 Å². The average molecular weight is 352 g/mol. The third kappa shape index (κ3) is 8.57. The summed E-state index contributed by atoms with van der Waals surface area (Å²) in [6.07, 6.45) is 0.827. The van der Waals surface area contributed by atoms with Crippen LogP contribution in [0.25, 0.3) is 0 Å². The highest BCUT2D eigenvalue weighted by Crippen LogP contribution is 2.16. The van der Waals surface area contributed by atoms with E-state index in [-0.39, 0.29) is 23.5 Å². The number of carboxylic acids is 1. The molecule has 6 nitrogen and oxygen atoms in total. The summed E-state index contributed by atoms with van der Waals surface area (Å²) >= 11 is 4.31. The SMILES string of the molecule is C/C(=N/NC(=O)CC(C)(C)S)c1ccc(OCCCC(=O)O)cc1. The number of thiol groups is 1. The molecule has 2 N–H and O–H groups in total. The molecule has 0 heterocycles. The molecule has 0 aliphatic carbocycles. The number of carboxylic acid groups (broad SMARTS) is 1. The van der Waals surface area contributed by atoms with Crippen molar-refractivity contribution in [2.45, 2.75) is 44.8 Å². The van der Waals surface area contributed by atoms with Crippen LogP contribution < -0.4 is 10.2 Å². The van der Waals surface area contributed by atoms with E-state index in [1.165, 1.54) is 0 Å². The molecular formula is C17H24N2O4S. The van der Waals surface area contributed by atoms with Crippen molar-refractivity contribution >= 4 is 30.2 Å². The van der Waals surface area contributed by atoms with Crippen LogP contribution in [-0.2, 0) is 9.59 Å². The molecule has 0 saturated carbocycles. The minimum Gasteiger partial charge on any atom is -0.494 e. The third-order valence-corrected chi connectivity index (χ3v) is 3.18. The van der Waals surface area contributed by atoms with Crippen LogP contribution in [0.5, 0.6) is 5.75 Å². The fourth-order valence-electron chi connectivity index (χ4n) is 1.85. The molecule has 1 aromatic carbocycles. The van der Waals surface area contributed by atoms with Crippen LogP contribution in [-0.4, -0.2) is 34.0 Å². The molecule has 24 heavy (non-hydrogen) atoms. The lowest BCUT2D eigenvalue weighted by atomic mass is 10.1. The molecule has 0 fully saturated rings. The van der Waals surface area contributed by atoms with Gasteiger partial charge in [0.1, 0.15) is 5.75 Å². The maximum Gasteiger partial charge on any atom is 0.303 e. The maximum atomic E-state index is 11.7. The summed E-state index contributed by atoms with van der Waals surface area (Å²) in [7, 11) is 0. The number of amides is 1. The molecule has 0 aliphatic heterocycles. The molecule has 0 spiro atoms. The molecule has 0 radical (unpaired) electrons. The number of ether oxygens (including phenoxy) is 1. The van der Waals surface area contributed by atoms with Crippen molar-refractivity contribution in [3.63, 3.8) is 0 Å². The van der Waals surface area contributed by atoms with Gasteiger partial charge < -0.3 is 9.84 Å². The summed E-state index contributed by atoms with van der Waals surface area (Å²) in [4.78, 5) is 22.1. The van der Waals surface area contributed by atoms with Gasteiger partial charge >= 0.3 is 5.97 Å². The van der Waals surface area contributed by atoms with Crippen molar-refractivity contribution in [3.8, 4) is 5.75 Å². The minimum atomic E-state index is -0.830. The van der Waals surface area contributed by atoms with Gasteiger partial charge in [-0.25, -0.2) is 5.43 Å². The number of nitrogens with one attached hydrogen (secondary N) is 1. The van der Waals surface area contributed by atoms with Gasteiger partial charge in [0.25, 0.3) is 0 Å². The summed E-state index contributed by atoms with van der Waals surface area (Å²) < 4.78 is 5.08. The molecule has 0 unspecified atom stereocenters. The van der Waals surface area contributed by atoms with Gasteiger partial charge in [0.15, 0.2) is 0 Å². The van der Waals surface area contributed by atoms with Gasteiger partial charge in [0.05, 0.1) is 12.3 Å². The second-order valence-electron chi connectivity index (χ2n) is 6.09. The van der Waals surface area contributed by atoms with Crippen LogP contribution in [0.2, 0.25) is 0 Å². The molecule has 1 rings (SSSR count). The predicted molar refractivity (Wildman–Crippen MR) is 96.8 cm³/mol. The van der Waals surface area contributed by atoms with E-state index in [1.54, 1.807) is 19.1 Å². The van der Waals surface area contributed by atoms with Gasteiger partial charge in [-0.3, -0.25) is 9.59 Å². The first-order valence-corrected chi connectivity index (χ1v) is 8.12. The monoisotopic (exact) mass is 352 g/mol. The Balaban J connectivity index is 2.50. The topological polar surface area (TPSA) is 88.0 Å². The van der Waals surface area contributed by atoms with E-state index < -0.39 is 5.97 Å². The normalized spacial score (nSPS) is 11.9. The fourth-order valence-corrected chi connectivity index (χ4v) is 1.99. The molecular weight excluding hydrogens is 328 g/mol. The summed E-state index contributed by atoms with van der Waals surface area (Å²) in [6.45, 7) is 5.88. The maximum absolute atomic E-state index is 11.7. The second kappa shape index (κ2) is 9.32. The lowest BCUT2D eigenvalue weighted by Crippen LogP contribution is -2.26. The highest BCUT2D eigenvalue weighted by molar-refractivity contribution is 7.81. The molecule has 0 saturated heterocycles. The Hall–Kier alpha value is -2.02. The average Bonchev–Trinajstić information content (AvgIpc) is 2.48. The summed E-state index contributed by atoms with van der Waals surface area (Å²) in [5, 5.41) is 12.6. The number of rotatable bonds is 9.